The molecule has 6 heteroatoms. The standard InChI is InChI=1S/C15H20N4O2/c1-20-12-4-6-13(7-5-12)21-9-8-19-15(11-2-3-11)14(10-16)17-18-19/h4-7,11H,2-3,8-10,16H2,1H3. The number of aromatic nitrogens is 3. The average molecular weight is 288 g/mol. The first-order chi connectivity index (χ1) is 10.3. The van der Waals surface area contributed by atoms with Gasteiger partial charge in [0.15, 0.2) is 0 Å². The number of rotatable bonds is 7. The second-order valence-electron chi connectivity index (χ2n) is 5.15. The van der Waals surface area contributed by atoms with Crippen LogP contribution in [0.1, 0.15) is 30.1 Å². The Bertz CT molecular complexity index is 590. The van der Waals surface area contributed by atoms with Crippen LogP contribution in [0, 0.1) is 0 Å². The van der Waals surface area contributed by atoms with Crippen molar-refractivity contribution in [3.8, 4) is 11.5 Å². The fraction of sp³-hybridized carbons (Fsp3) is 0.467. The Kier molecular flexibility index (Phi) is 4.06. The van der Waals surface area contributed by atoms with Gasteiger partial charge in [0.1, 0.15) is 18.1 Å². The van der Waals surface area contributed by atoms with Gasteiger partial charge in [-0.2, -0.15) is 0 Å². The SMILES string of the molecule is COc1ccc(OCCn2nnc(CN)c2C2CC2)cc1. The van der Waals surface area contributed by atoms with Gasteiger partial charge in [-0.05, 0) is 37.1 Å². The lowest BCUT2D eigenvalue weighted by Crippen LogP contribution is -2.13. The van der Waals surface area contributed by atoms with Crippen LogP contribution in [-0.2, 0) is 13.1 Å². The maximum atomic E-state index is 5.73. The first-order valence-corrected chi connectivity index (χ1v) is 7.21. The Hall–Kier alpha value is -2.08. The summed E-state index contributed by atoms with van der Waals surface area (Å²) >= 11 is 0. The summed E-state index contributed by atoms with van der Waals surface area (Å²) < 4.78 is 12.8. The number of hydrogen-bond donors (Lipinski definition) is 1. The number of hydrogen-bond acceptors (Lipinski definition) is 5. The molecule has 0 spiro atoms. The summed E-state index contributed by atoms with van der Waals surface area (Å²) in [7, 11) is 1.65. The molecule has 21 heavy (non-hydrogen) atoms. The molecular weight excluding hydrogens is 268 g/mol. The number of nitrogens with zero attached hydrogens (tertiary/aromatic N) is 3. The van der Waals surface area contributed by atoms with Gasteiger partial charge in [0.25, 0.3) is 0 Å². The monoisotopic (exact) mass is 288 g/mol. The van der Waals surface area contributed by atoms with Crippen LogP contribution in [0.5, 0.6) is 11.5 Å². The van der Waals surface area contributed by atoms with Gasteiger partial charge < -0.3 is 15.2 Å². The highest BCUT2D eigenvalue weighted by Crippen LogP contribution is 2.41. The summed E-state index contributed by atoms with van der Waals surface area (Å²) in [6.07, 6.45) is 2.42. The Morgan fingerprint density at radius 1 is 1.24 bits per heavy atom. The van der Waals surface area contributed by atoms with E-state index in [1.165, 1.54) is 18.5 Å². The first-order valence-electron chi connectivity index (χ1n) is 7.21. The maximum absolute atomic E-state index is 5.73. The van der Waals surface area contributed by atoms with Gasteiger partial charge in [-0.25, -0.2) is 4.68 Å². The summed E-state index contributed by atoms with van der Waals surface area (Å²) in [5, 5.41) is 8.35. The fourth-order valence-corrected chi connectivity index (χ4v) is 2.39. The lowest BCUT2D eigenvalue weighted by molar-refractivity contribution is 0.287. The van der Waals surface area contributed by atoms with Gasteiger partial charge >= 0.3 is 0 Å². The number of nitrogens with two attached hydrogens (primary N) is 1. The highest BCUT2D eigenvalue weighted by atomic mass is 16.5. The highest BCUT2D eigenvalue weighted by molar-refractivity contribution is 5.31. The molecule has 0 aliphatic heterocycles. The predicted molar refractivity (Wildman–Crippen MR) is 78.4 cm³/mol. The molecule has 0 radical (unpaired) electrons. The molecule has 1 aliphatic carbocycles. The van der Waals surface area contributed by atoms with Crippen molar-refractivity contribution in [1.29, 1.82) is 0 Å². The van der Waals surface area contributed by atoms with Gasteiger partial charge in [0.05, 0.1) is 25.0 Å². The molecule has 0 bridgehead atoms. The minimum absolute atomic E-state index is 0.450. The Morgan fingerprint density at radius 2 is 1.95 bits per heavy atom. The lowest BCUT2D eigenvalue weighted by Gasteiger charge is -2.09. The minimum atomic E-state index is 0.450. The zero-order chi connectivity index (χ0) is 14.7. The van der Waals surface area contributed by atoms with Crippen molar-refractivity contribution in [2.24, 2.45) is 5.73 Å². The van der Waals surface area contributed by atoms with E-state index in [-0.39, 0.29) is 0 Å². The molecule has 1 fully saturated rings. The van der Waals surface area contributed by atoms with E-state index >= 15 is 0 Å². The van der Waals surface area contributed by atoms with E-state index in [1.807, 2.05) is 28.9 Å². The Balaban J connectivity index is 1.58. The van der Waals surface area contributed by atoms with Crippen LogP contribution in [0.25, 0.3) is 0 Å². The van der Waals surface area contributed by atoms with E-state index in [4.69, 9.17) is 15.2 Å². The van der Waals surface area contributed by atoms with Crippen molar-refractivity contribution in [1.82, 2.24) is 15.0 Å². The number of methoxy groups -OCH3 is 1. The molecule has 6 nitrogen and oxygen atoms in total. The molecule has 1 saturated carbocycles. The quantitative estimate of drug-likeness (QED) is 0.839. The Morgan fingerprint density at radius 3 is 2.57 bits per heavy atom. The third-order valence-electron chi connectivity index (χ3n) is 3.64. The van der Waals surface area contributed by atoms with Crippen molar-refractivity contribution in [2.45, 2.75) is 31.8 Å². The average Bonchev–Trinajstić information content (AvgIpc) is 3.28. The zero-order valence-corrected chi connectivity index (χ0v) is 12.2. The van der Waals surface area contributed by atoms with Crippen LogP contribution in [0.15, 0.2) is 24.3 Å². The zero-order valence-electron chi connectivity index (χ0n) is 12.2. The molecular formula is C15H20N4O2. The van der Waals surface area contributed by atoms with Crippen LogP contribution in [0.4, 0.5) is 0 Å². The second kappa shape index (κ2) is 6.13. The highest BCUT2D eigenvalue weighted by Gasteiger charge is 2.30. The molecule has 2 N–H and O–H groups in total. The molecule has 112 valence electrons. The van der Waals surface area contributed by atoms with Crippen LogP contribution < -0.4 is 15.2 Å². The molecule has 0 unspecified atom stereocenters. The maximum Gasteiger partial charge on any atom is 0.119 e. The van der Waals surface area contributed by atoms with Crippen LogP contribution >= 0.6 is 0 Å². The summed E-state index contributed by atoms with van der Waals surface area (Å²) in [6, 6.07) is 7.56. The molecule has 0 saturated heterocycles. The van der Waals surface area contributed by atoms with Gasteiger partial charge in [0.2, 0.25) is 0 Å². The molecule has 1 aromatic heterocycles. The normalized spacial score (nSPS) is 14.2. The van der Waals surface area contributed by atoms with Crippen molar-refractivity contribution in [2.75, 3.05) is 13.7 Å². The van der Waals surface area contributed by atoms with Crippen molar-refractivity contribution in [3.05, 3.63) is 35.7 Å². The third-order valence-corrected chi connectivity index (χ3v) is 3.64. The number of ether oxygens (including phenoxy) is 2. The molecule has 2 aromatic rings. The summed E-state index contributed by atoms with van der Waals surface area (Å²) in [6.45, 7) is 1.69. The van der Waals surface area contributed by atoms with E-state index in [0.717, 1.165) is 17.2 Å². The third kappa shape index (κ3) is 3.16. The van der Waals surface area contributed by atoms with E-state index < -0.39 is 0 Å². The topological polar surface area (TPSA) is 75.2 Å². The molecule has 3 rings (SSSR count). The van der Waals surface area contributed by atoms with E-state index in [0.29, 0.717) is 25.6 Å². The van der Waals surface area contributed by atoms with Crippen molar-refractivity contribution < 1.29 is 9.47 Å². The minimum Gasteiger partial charge on any atom is -0.497 e. The molecule has 0 amide bonds. The Labute approximate surface area is 123 Å². The predicted octanol–water partition coefficient (Wildman–Crippen LogP) is 1.70. The summed E-state index contributed by atoms with van der Waals surface area (Å²) in [5.74, 6) is 2.23. The molecule has 1 aliphatic rings. The first kappa shape index (κ1) is 13.9. The van der Waals surface area contributed by atoms with Crippen LogP contribution in [0.2, 0.25) is 0 Å². The lowest BCUT2D eigenvalue weighted by atomic mass is 10.2. The largest absolute Gasteiger partial charge is 0.497 e. The van der Waals surface area contributed by atoms with Crippen LogP contribution in [-0.4, -0.2) is 28.7 Å². The fourth-order valence-electron chi connectivity index (χ4n) is 2.39. The van der Waals surface area contributed by atoms with Crippen molar-refractivity contribution >= 4 is 0 Å². The smallest absolute Gasteiger partial charge is 0.119 e. The summed E-state index contributed by atoms with van der Waals surface area (Å²) in [5.41, 5.74) is 7.83. The van der Waals surface area contributed by atoms with Crippen LogP contribution in [0.3, 0.4) is 0 Å². The van der Waals surface area contributed by atoms with Gasteiger partial charge in [-0.15, -0.1) is 5.10 Å². The summed E-state index contributed by atoms with van der Waals surface area (Å²) in [4.78, 5) is 0. The molecule has 1 aromatic carbocycles. The van der Waals surface area contributed by atoms with Gasteiger partial charge in [-0.1, -0.05) is 5.21 Å². The van der Waals surface area contributed by atoms with Gasteiger partial charge in [0, 0.05) is 12.5 Å². The van der Waals surface area contributed by atoms with Crippen molar-refractivity contribution in [3.63, 3.8) is 0 Å². The number of benzene rings is 1. The van der Waals surface area contributed by atoms with E-state index in [9.17, 15) is 0 Å². The molecule has 0 atom stereocenters. The van der Waals surface area contributed by atoms with E-state index in [1.54, 1.807) is 7.11 Å². The second-order valence-corrected chi connectivity index (χ2v) is 5.15. The van der Waals surface area contributed by atoms with E-state index in [2.05, 4.69) is 10.3 Å². The van der Waals surface area contributed by atoms with Gasteiger partial charge in [-0.3, -0.25) is 0 Å². The molecule has 1 heterocycles.